The van der Waals surface area contributed by atoms with Crippen molar-refractivity contribution in [2.75, 3.05) is 0 Å². The summed E-state index contributed by atoms with van der Waals surface area (Å²) in [6.45, 7) is 0.398. The molecule has 0 unspecified atom stereocenters. The molecule has 0 amide bonds. The maximum Gasteiger partial charge on any atom is 0.128 e. The van der Waals surface area contributed by atoms with Crippen LogP contribution in [0.4, 0.5) is 0 Å². The van der Waals surface area contributed by atoms with Crippen molar-refractivity contribution in [3.8, 4) is 17.2 Å². The number of aromatic hydroxyl groups is 2. The van der Waals surface area contributed by atoms with E-state index in [1.54, 1.807) is 36.4 Å². The van der Waals surface area contributed by atoms with Crippen LogP contribution in [0.5, 0.6) is 17.2 Å². The molecule has 1 aromatic heterocycles. The van der Waals surface area contributed by atoms with Crippen molar-refractivity contribution >= 4 is 10.9 Å². The van der Waals surface area contributed by atoms with Crippen molar-refractivity contribution in [1.29, 1.82) is 0 Å². The van der Waals surface area contributed by atoms with Gasteiger partial charge in [0.25, 0.3) is 0 Å². The van der Waals surface area contributed by atoms with Crippen molar-refractivity contribution < 1.29 is 14.9 Å². The van der Waals surface area contributed by atoms with Gasteiger partial charge in [0.15, 0.2) is 0 Å². The second-order valence-electron chi connectivity index (χ2n) is 4.72. The lowest BCUT2D eigenvalue weighted by molar-refractivity contribution is 0.296. The predicted octanol–water partition coefficient (Wildman–Crippen LogP) is 3.17. The highest BCUT2D eigenvalue weighted by Gasteiger charge is 2.07. The minimum absolute atomic E-state index is 0.185. The number of aromatic nitrogens is 1. The molecule has 0 aliphatic rings. The summed E-state index contributed by atoms with van der Waals surface area (Å²) in [6.07, 6.45) is 0. The molecular formula is C16H15NO3. The molecule has 0 radical (unpaired) electrons. The van der Waals surface area contributed by atoms with Crippen molar-refractivity contribution in [3.63, 3.8) is 0 Å². The second-order valence-corrected chi connectivity index (χ2v) is 4.72. The van der Waals surface area contributed by atoms with Crippen LogP contribution in [0.3, 0.4) is 0 Å². The first kappa shape index (κ1) is 12.4. The van der Waals surface area contributed by atoms with Crippen LogP contribution < -0.4 is 4.74 Å². The third kappa shape index (κ3) is 2.28. The Morgan fingerprint density at radius 3 is 2.60 bits per heavy atom. The molecule has 1 heterocycles. The number of benzene rings is 2. The van der Waals surface area contributed by atoms with Crippen LogP contribution in [0.1, 0.15) is 5.69 Å². The number of rotatable bonds is 3. The van der Waals surface area contributed by atoms with Crippen molar-refractivity contribution in [1.82, 2.24) is 4.57 Å². The average Bonchev–Trinajstić information content (AvgIpc) is 2.73. The lowest BCUT2D eigenvalue weighted by atomic mass is 10.2. The Kier molecular flexibility index (Phi) is 2.99. The van der Waals surface area contributed by atoms with Crippen LogP contribution in [-0.4, -0.2) is 14.8 Å². The fourth-order valence-electron chi connectivity index (χ4n) is 2.24. The molecule has 2 aromatic carbocycles. The van der Waals surface area contributed by atoms with E-state index in [1.807, 2.05) is 23.7 Å². The second kappa shape index (κ2) is 4.81. The molecule has 0 atom stereocenters. The molecule has 20 heavy (non-hydrogen) atoms. The number of hydrogen-bond donors (Lipinski definition) is 2. The first-order valence-electron chi connectivity index (χ1n) is 6.32. The normalized spacial score (nSPS) is 10.8. The zero-order chi connectivity index (χ0) is 14.1. The summed E-state index contributed by atoms with van der Waals surface area (Å²) < 4.78 is 7.65. The molecule has 0 saturated carbocycles. The number of fused-ring (bicyclic) bond motifs is 1. The molecule has 0 aliphatic carbocycles. The summed E-state index contributed by atoms with van der Waals surface area (Å²) in [4.78, 5) is 0. The molecule has 0 saturated heterocycles. The fourth-order valence-corrected chi connectivity index (χ4v) is 2.24. The molecule has 2 N–H and O–H groups in total. The minimum atomic E-state index is 0.185. The monoisotopic (exact) mass is 269 g/mol. The van der Waals surface area contributed by atoms with Gasteiger partial charge < -0.3 is 19.5 Å². The minimum Gasteiger partial charge on any atom is -0.508 e. The third-order valence-corrected chi connectivity index (χ3v) is 3.33. The highest BCUT2D eigenvalue weighted by atomic mass is 16.5. The smallest absolute Gasteiger partial charge is 0.128 e. The van der Waals surface area contributed by atoms with Gasteiger partial charge in [-0.3, -0.25) is 0 Å². The van der Waals surface area contributed by atoms with Crippen molar-refractivity contribution in [2.45, 2.75) is 6.61 Å². The van der Waals surface area contributed by atoms with E-state index in [1.165, 1.54) is 0 Å². The summed E-state index contributed by atoms with van der Waals surface area (Å²) >= 11 is 0. The lowest BCUT2D eigenvalue weighted by Crippen LogP contribution is -2.01. The van der Waals surface area contributed by atoms with E-state index in [9.17, 15) is 10.2 Å². The summed E-state index contributed by atoms with van der Waals surface area (Å²) in [5.74, 6) is 1.06. The Morgan fingerprint density at radius 2 is 1.80 bits per heavy atom. The highest BCUT2D eigenvalue weighted by molar-refractivity contribution is 5.82. The Balaban J connectivity index is 1.86. The number of hydrogen-bond acceptors (Lipinski definition) is 3. The van der Waals surface area contributed by atoms with Gasteiger partial charge in [-0.2, -0.15) is 0 Å². The number of ether oxygens (including phenoxy) is 1. The Hall–Kier alpha value is -2.62. The molecule has 3 rings (SSSR count). The van der Waals surface area contributed by atoms with Gasteiger partial charge >= 0.3 is 0 Å². The Labute approximate surface area is 116 Å². The maximum absolute atomic E-state index is 9.53. The molecule has 3 aromatic rings. The summed E-state index contributed by atoms with van der Waals surface area (Å²) in [5.41, 5.74) is 1.95. The Bertz CT molecular complexity index is 762. The lowest BCUT2D eigenvalue weighted by Gasteiger charge is -2.07. The molecule has 102 valence electrons. The average molecular weight is 269 g/mol. The van der Waals surface area contributed by atoms with Crippen LogP contribution >= 0.6 is 0 Å². The van der Waals surface area contributed by atoms with Crippen LogP contribution in [-0.2, 0) is 13.7 Å². The number of phenols is 2. The van der Waals surface area contributed by atoms with E-state index in [4.69, 9.17) is 4.74 Å². The zero-order valence-corrected chi connectivity index (χ0v) is 11.1. The fraction of sp³-hybridized carbons (Fsp3) is 0.125. The largest absolute Gasteiger partial charge is 0.508 e. The molecule has 0 aliphatic heterocycles. The van der Waals surface area contributed by atoms with E-state index in [2.05, 4.69) is 0 Å². The first-order valence-corrected chi connectivity index (χ1v) is 6.32. The van der Waals surface area contributed by atoms with Gasteiger partial charge in [-0.1, -0.05) is 6.07 Å². The molecule has 0 bridgehead atoms. The predicted molar refractivity (Wildman–Crippen MR) is 77.0 cm³/mol. The number of nitrogens with zero attached hydrogens (tertiary/aromatic N) is 1. The van der Waals surface area contributed by atoms with Crippen LogP contribution in [0.25, 0.3) is 10.9 Å². The zero-order valence-electron chi connectivity index (χ0n) is 11.1. The molecule has 0 fully saturated rings. The Morgan fingerprint density at radius 1 is 1.00 bits per heavy atom. The van der Waals surface area contributed by atoms with Crippen molar-refractivity contribution in [2.24, 2.45) is 7.05 Å². The standard InChI is InChI=1S/C16H15NO3/c1-17-12(7-11-5-6-14(19)9-16(11)17)10-20-15-4-2-3-13(18)8-15/h2-9,18-19H,10H2,1H3. The van der Waals surface area contributed by atoms with Gasteiger partial charge in [-0.15, -0.1) is 0 Å². The van der Waals surface area contributed by atoms with E-state index in [-0.39, 0.29) is 11.5 Å². The van der Waals surface area contributed by atoms with Gasteiger partial charge in [0.05, 0.1) is 11.2 Å². The highest BCUT2D eigenvalue weighted by Crippen LogP contribution is 2.24. The third-order valence-electron chi connectivity index (χ3n) is 3.33. The number of phenolic OH excluding ortho intramolecular Hbond substituents is 2. The first-order chi connectivity index (χ1) is 9.63. The quantitative estimate of drug-likeness (QED) is 0.768. The summed E-state index contributed by atoms with van der Waals surface area (Å²) in [7, 11) is 1.93. The molecule has 0 spiro atoms. The van der Waals surface area contributed by atoms with Gasteiger partial charge in [0.1, 0.15) is 23.9 Å². The van der Waals surface area contributed by atoms with E-state index in [0.717, 1.165) is 16.6 Å². The van der Waals surface area contributed by atoms with E-state index < -0.39 is 0 Å². The van der Waals surface area contributed by atoms with Crippen LogP contribution in [0.2, 0.25) is 0 Å². The molecular weight excluding hydrogens is 254 g/mol. The van der Waals surface area contributed by atoms with Crippen LogP contribution in [0, 0.1) is 0 Å². The SMILES string of the molecule is Cn1c(COc2cccc(O)c2)cc2ccc(O)cc21. The number of aryl methyl sites for hydroxylation is 1. The molecule has 4 heteroatoms. The summed E-state index contributed by atoms with van der Waals surface area (Å²) in [5, 5.41) is 20.0. The van der Waals surface area contributed by atoms with E-state index >= 15 is 0 Å². The topological polar surface area (TPSA) is 54.6 Å². The maximum atomic E-state index is 9.53. The van der Waals surface area contributed by atoms with Gasteiger partial charge in [-0.05, 0) is 30.3 Å². The summed E-state index contributed by atoms with van der Waals surface area (Å²) in [6, 6.07) is 14.0. The molecule has 4 nitrogen and oxygen atoms in total. The van der Waals surface area contributed by atoms with Gasteiger partial charge in [-0.25, -0.2) is 0 Å². The van der Waals surface area contributed by atoms with E-state index in [0.29, 0.717) is 12.4 Å². The van der Waals surface area contributed by atoms with Gasteiger partial charge in [0.2, 0.25) is 0 Å². The van der Waals surface area contributed by atoms with Crippen LogP contribution in [0.15, 0.2) is 48.5 Å². The van der Waals surface area contributed by atoms with Crippen molar-refractivity contribution in [3.05, 3.63) is 54.2 Å². The van der Waals surface area contributed by atoms with Gasteiger partial charge in [0, 0.05) is 24.6 Å².